The van der Waals surface area contributed by atoms with Crippen molar-refractivity contribution in [2.75, 3.05) is 18.2 Å². The van der Waals surface area contributed by atoms with Gasteiger partial charge in [0.05, 0.1) is 18.4 Å². The van der Waals surface area contributed by atoms with Crippen LogP contribution in [0, 0.1) is 20.8 Å². The van der Waals surface area contributed by atoms with Crippen molar-refractivity contribution in [3.05, 3.63) is 63.8 Å². The van der Waals surface area contributed by atoms with Crippen LogP contribution in [0.1, 0.15) is 57.7 Å². The highest BCUT2D eigenvalue weighted by atomic mass is 32.2. The Bertz CT molecular complexity index is 1240. The Morgan fingerprint density at radius 3 is 2.53 bits per heavy atom. The summed E-state index contributed by atoms with van der Waals surface area (Å²) < 4.78 is 13.0. The van der Waals surface area contributed by atoms with Crippen LogP contribution >= 0.6 is 23.1 Å². The van der Waals surface area contributed by atoms with Crippen LogP contribution in [-0.4, -0.2) is 39.5 Å². The third kappa shape index (κ3) is 6.36. The van der Waals surface area contributed by atoms with Gasteiger partial charge in [-0.25, -0.2) is 4.79 Å². The second-order valence-electron chi connectivity index (χ2n) is 8.35. The van der Waals surface area contributed by atoms with E-state index in [1.807, 2.05) is 51.3 Å². The summed E-state index contributed by atoms with van der Waals surface area (Å²) in [6.45, 7) is 14.2. The van der Waals surface area contributed by atoms with Crippen molar-refractivity contribution in [2.45, 2.75) is 58.8 Å². The largest absolute Gasteiger partial charge is 0.483 e. The van der Waals surface area contributed by atoms with E-state index in [4.69, 9.17) is 9.47 Å². The molecule has 1 amide bonds. The summed E-state index contributed by atoms with van der Waals surface area (Å²) >= 11 is 2.64. The first-order valence-electron chi connectivity index (χ1n) is 11.6. The Kier molecular flexibility index (Phi) is 9.33. The lowest BCUT2D eigenvalue weighted by molar-refractivity contribution is -0.113. The van der Waals surface area contributed by atoms with E-state index in [2.05, 4.69) is 28.2 Å². The molecule has 1 N–H and O–H groups in total. The lowest BCUT2D eigenvalue weighted by Crippen LogP contribution is -2.17. The van der Waals surface area contributed by atoms with E-state index in [9.17, 15) is 9.59 Å². The van der Waals surface area contributed by atoms with Gasteiger partial charge in [0.15, 0.2) is 17.1 Å². The molecule has 0 saturated carbocycles. The number of carbonyl (C=O) groups is 2. The van der Waals surface area contributed by atoms with Crippen LogP contribution in [0.3, 0.4) is 0 Å². The molecule has 1 aromatic carbocycles. The van der Waals surface area contributed by atoms with Crippen LogP contribution in [0.2, 0.25) is 0 Å². The summed E-state index contributed by atoms with van der Waals surface area (Å²) in [5.41, 5.74) is 3.56. The number of carbonyl (C=O) groups excluding carboxylic acids is 2. The summed E-state index contributed by atoms with van der Waals surface area (Å²) in [5.74, 6) is 0.809. The average molecular weight is 529 g/mol. The predicted molar refractivity (Wildman–Crippen MR) is 144 cm³/mol. The fourth-order valence-electron chi connectivity index (χ4n) is 3.97. The highest BCUT2D eigenvalue weighted by Gasteiger charge is 2.24. The van der Waals surface area contributed by atoms with Gasteiger partial charge < -0.3 is 14.8 Å². The third-order valence-corrected chi connectivity index (χ3v) is 7.50. The quantitative estimate of drug-likeness (QED) is 0.195. The number of aryl methyl sites for hydroxylation is 3. The zero-order chi connectivity index (χ0) is 26.4. The SMILES string of the molecule is C=CCn1c(SCC(=O)Nc2sc(C)c(CC)c2C(=O)OC)nnc1C(C)Oc1cc(C)cc(C)c1. The number of allylic oxidation sites excluding steroid dienone is 1. The van der Waals surface area contributed by atoms with Crippen LogP contribution in [0.25, 0.3) is 0 Å². The zero-order valence-electron chi connectivity index (χ0n) is 21.5. The highest BCUT2D eigenvalue weighted by Crippen LogP contribution is 2.34. The van der Waals surface area contributed by atoms with Gasteiger partial charge in [0.25, 0.3) is 0 Å². The molecule has 1 unspecified atom stereocenters. The van der Waals surface area contributed by atoms with E-state index in [1.54, 1.807) is 6.08 Å². The average Bonchev–Trinajstić information content (AvgIpc) is 3.36. The van der Waals surface area contributed by atoms with Crippen LogP contribution in [-0.2, 0) is 22.5 Å². The van der Waals surface area contributed by atoms with Gasteiger partial charge in [-0.2, -0.15) is 0 Å². The number of hydrogen-bond donors (Lipinski definition) is 1. The number of methoxy groups -OCH3 is 1. The van der Waals surface area contributed by atoms with Gasteiger partial charge in [-0.3, -0.25) is 9.36 Å². The van der Waals surface area contributed by atoms with Gasteiger partial charge in [0, 0.05) is 11.4 Å². The molecule has 3 aromatic rings. The summed E-state index contributed by atoms with van der Waals surface area (Å²) in [6, 6.07) is 6.05. The maximum Gasteiger partial charge on any atom is 0.341 e. The van der Waals surface area contributed by atoms with Crippen LogP contribution in [0.15, 0.2) is 36.0 Å². The number of thiophene rings is 1. The molecule has 0 aliphatic carbocycles. The Balaban J connectivity index is 1.73. The molecule has 36 heavy (non-hydrogen) atoms. The van der Waals surface area contributed by atoms with Crippen molar-refractivity contribution in [1.82, 2.24) is 14.8 Å². The van der Waals surface area contributed by atoms with Crippen molar-refractivity contribution in [3.8, 4) is 5.75 Å². The zero-order valence-corrected chi connectivity index (χ0v) is 23.1. The number of anilines is 1. The normalized spacial score (nSPS) is 11.7. The minimum atomic E-state index is -0.452. The maximum absolute atomic E-state index is 12.8. The molecule has 192 valence electrons. The lowest BCUT2D eigenvalue weighted by atomic mass is 10.1. The molecule has 0 aliphatic rings. The monoisotopic (exact) mass is 528 g/mol. The molecule has 8 nitrogen and oxygen atoms in total. The smallest absolute Gasteiger partial charge is 0.341 e. The highest BCUT2D eigenvalue weighted by molar-refractivity contribution is 7.99. The predicted octanol–water partition coefficient (Wildman–Crippen LogP) is 5.67. The third-order valence-electron chi connectivity index (χ3n) is 5.47. The van der Waals surface area contributed by atoms with Gasteiger partial charge in [-0.1, -0.05) is 30.8 Å². The number of nitrogens with zero attached hydrogens (tertiary/aromatic N) is 3. The van der Waals surface area contributed by atoms with E-state index in [0.29, 0.717) is 34.5 Å². The van der Waals surface area contributed by atoms with Crippen LogP contribution in [0.5, 0.6) is 5.75 Å². The topological polar surface area (TPSA) is 95.3 Å². The number of hydrogen-bond acceptors (Lipinski definition) is 8. The standard InChI is InChI=1S/C26H32N4O4S2/c1-8-10-30-23(17(5)34-19-12-15(3)11-16(4)13-19)28-29-26(30)35-14-21(31)27-24-22(25(32)33-7)20(9-2)18(6)36-24/h8,11-13,17H,1,9-10,14H2,2-7H3,(H,27,31). The fourth-order valence-corrected chi connectivity index (χ4v) is 5.87. The van der Waals surface area contributed by atoms with E-state index in [0.717, 1.165) is 27.3 Å². The summed E-state index contributed by atoms with van der Waals surface area (Å²) in [7, 11) is 1.34. The molecular weight excluding hydrogens is 496 g/mol. The minimum absolute atomic E-state index is 0.0978. The van der Waals surface area contributed by atoms with Crippen LogP contribution in [0.4, 0.5) is 5.00 Å². The Labute approximate surface area is 220 Å². The number of benzene rings is 1. The first kappa shape index (κ1) is 27.5. The molecule has 1 atom stereocenters. The number of amides is 1. The Hall–Kier alpha value is -3.11. The minimum Gasteiger partial charge on any atom is -0.483 e. The molecule has 3 rings (SSSR count). The van der Waals surface area contributed by atoms with Crippen molar-refractivity contribution in [3.63, 3.8) is 0 Å². The number of ether oxygens (including phenoxy) is 2. The van der Waals surface area contributed by atoms with E-state index in [-0.39, 0.29) is 17.8 Å². The first-order chi connectivity index (χ1) is 17.2. The first-order valence-corrected chi connectivity index (χ1v) is 13.4. The van der Waals surface area contributed by atoms with Gasteiger partial charge in [0.2, 0.25) is 5.91 Å². The van der Waals surface area contributed by atoms with Crippen molar-refractivity contribution in [1.29, 1.82) is 0 Å². The van der Waals surface area contributed by atoms with Crippen molar-refractivity contribution in [2.24, 2.45) is 0 Å². The van der Waals surface area contributed by atoms with Gasteiger partial charge in [-0.05, 0) is 62.9 Å². The van der Waals surface area contributed by atoms with Crippen LogP contribution < -0.4 is 10.1 Å². The number of aromatic nitrogens is 3. The summed E-state index contributed by atoms with van der Waals surface area (Å²) in [4.78, 5) is 26.1. The molecule has 2 aromatic heterocycles. The summed E-state index contributed by atoms with van der Waals surface area (Å²) in [5, 5.41) is 12.6. The van der Waals surface area contributed by atoms with Gasteiger partial charge >= 0.3 is 5.97 Å². The molecule has 0 spiro atoms. The number of esters is 1. The van der Waals surface area contributed by atoms with Crippen molar-refractivity contribution >= 4 is 40.0 Å². The van der Waals surface area contributed by atoms with Crippen molar-refractivity contribution < 1.29 is 19.1 Å². The maximum atomic E-state index is 12.8. The van der Waals surface area contributed by atoms with E-state index < -0.39 is 5.97 Å². The molecular formula is C26H32N4O4S2. The summed E-state index contributed by atoms with van der Waals surface area (Å²) in [6.07, 6.45) is 2.07. The van der Waals surface area contributed by atoms with E-state index in [1.165, 1.54) is 30.2 Å². The second kappa shape index (κ2) is 12.2. The van der Waals surface area contributed by atoms with Gasteiger partial charge in [0.1, 0.15) is 10.8 Å². The molecule has 0 fully saturated rings. The Morgan fingerprint density at radius 2 is 1.92 bits per heavy atom. The molecule has 0 saturated heterocycles. The van der Waals surface area contributed by atoms with E-state index >= 15 is 0 Å². The number of thioether (sulfide) groups is 1. The Morgan fingerprint density at radius 1 is 1.22 bits per heavy atom. The number of rotatable bonds is 11. The molecule has 2 heterocycles. The molecule has 0 radical (unpaired) electrons. The van der Waals surface area contributed by atoms with Gasteiger partial charge in [-0.15, -0.1) is 28.1 Å². The number of nitrogens with one attached hydrogen (secondary N) is 1. The molecule has 0 aliphatic heterocycles. The fraction of sp³-hybridized carbons (Fsp3) is 0.385. The second-order valence-corrected chi connectivity index (χ2v) is 10.5. The molecule has 10 heteroatoms. The molecule has 0 bridgehead atoms. The lowest BCUT2D eigenvalue weighted by Gasteiger charge is -2.16.